The van der Waals surface area contributed by atoms with Crippen molar-refractivity contribution in [3.63, 3.8) is 0 Å². The number of halogens is 2. The number of rotatable bonds is 6. The van der Waals surface area contributed by atoms with Crippen LogP contribution in [0.1, 0.15) is 15.9 Å². The first-order valence-electron chi connectivity index (χ1n) is 7.63. The molecule has 0 aliphatic rings. The Morgan fingerprint density at radius 2 is 1.72 bits per heavy atom. The van der Waals surface area contributed by atoms with Crippen LogP contribution in [0.2, 0.25) is 10.0 Å². The Morgan fingerprint density at radius 1 is 1.04 bits per heavy atom. The van der Waals surface area contributed by atoms with Gasteiger partial charge in [0, 0.05) is 24.8 Å². The Balaban J connectivity index is 1.88. The van der Waals surface area contributed by atoms with Crippen LogP contribution in [-0.2, 0) is 11.3 Å². The van der Waals surface area contributed by atoms with Gasteiger partial charge in [-0.05, 0) is 49.0 Å². The summed E-state index contributed by atoms with van der Waals surface area (Å²) in [6.45, 7) is 0.789. The highest BCUT2D eigenvalue weighted by Crippen LogP contribution is 2.23. The fourth-order valence-electron chi connectivity index (χ4n) is 2.30. The number of amides is 2. The van der Waals surface area contributed by atoms with Crippen LogP contribution < -0.4 is 10.6 Å². The summed E-state index contributed by atoms with van der Waals surface area (Å²) in [5.41, 5.74) is 2.15. The average molecular weight is 380 g/mol. The number of carbonyl (C=O) groups excluding carboxylic acids is 2. The molecule has 2 aromatic carbocycles. The average Bonchev–Trinajstić information content (AvgIpc) is 2.58. The van der Waals surface area contributed by atoms with Crippen LogP contribution in [0.4, 0.5) is 5.69 Å². The molecule has 2 amide bonds. The van der Waals surface area contributed by atoms with Crippen molar-refractivity contribution in [2.45, 2.75) is 6.54 Å². The second-order valence-electron chi connectivity index (χ2n) is 5.63. The first kappa shape index (κ1) is 19.2. The third kappa shape index (κ3) is 5.74. The Labute approximate surface area is 156 Å². The summed E-state index contributed by atoms with van der Waals surface area (Å²) in [7, 11) is 3.42. The van der Waals surface area contributed by atoms with E-state index in [1.165, 1.54) is 0 Å². The third-order valence-electron chi connectivity index (χ3n) is 3.51. The Hall–Kier alpha value is -2.08. The van der Waals surface area contributed by atoms with Gasteiger partial charge in [-0.25, -0.2) is 0 Å². The zero-order chi connectivity index (χ0) is 18.4. The predicted octanol–water partition coefficient (Wildman–Crippen LogP) is 3.42. The number of likely N-dealkylation sites (N-methyl/N-ethyl adjacent to an activating group) is 1. The normalized spacial score (nSPS) is 10.6. The lowest BCUT2D eigenvalue weighted by atomic mass is 10.2. The highest BCUT2D eigenvalue weighted by Gasteiger charge is 2.09. The summed E-state index contributed by atoms with van der Waals surface area (Å²) in [4.78, 5) is 25.5. The fraction of sp³-hybridized carbons (Fsp3) is 0.222. The van der Waals surface area contributed by atoms with Gasteiger partial charge in [0.1, 0.15) is 0 Å². The number of carbonyl (C=O) groups is 2. The maximum atomic E-state index is 12.1. The Kier molecular flexibility index (Phi) is 6.82. The molecule has 0 aromatic heterocycles. The molecule has 0 aliphatic carbocycles. The van der Waals surface area contributed by atoms with Gasteiger partial charge in [-0.1, -0.05) is 29.3 Å². The lowest BCUT2D eigenvalue weighted by Gasteiger charge is -2.17. The van der Waals surface area contributed by atoms with Gasteiger partial charge in [0.25, 0.3) is 5.91 Å². The minimum Gasteiger partial charge on any atom is -0.355 e. The van der Waals surface area contributed by atoms with Gasteiger partial charge in [-0.3, -0.25) is 14.5 Å². The zero-order valence-electron chi connectivity index (χ0n) is 14.0. The van der Waals surface area contributed by atoms with E-state index in [1.54, 1.807) is 43.4 Å². The molecule has 0 saturated carbocycles. The summed E-state index contributed by atoms with van der Waals surface area (Å²) >= 11 is 11.9. The molecule has 5 nitrogen and oxygen atoms in total. The molecule has 0 heterocycles. The van der Waals surface area contributed by atoms with Gasteiger partial charge in [-0.2, -0.15) is 0 Å². The molecule has 0 atom stereocenters. The van der Waals surface area contributed by atoms with Crippen molar-refractivity contribution in [1.29, 1.82) is 0 Å². The first-order chi connectivity index (χ1) is 11.9. The maximum absolute atomic E-state index is 12.1. The van der Waals surface area contributed by atoms with Crippen molar-refractivity contribution in [1.82, 2.24) is 10.2 Å². The van der Waals surface area contributed by atoms with Crippen LogP contribution in [-0.4, -0.2) is 37.4 Å². The third-order valence-corrected chi connectivity index (χ3v) is 4.25. The van der Waals surface area contributed by atoms with Crippen molar-refractivity contribution in [3.8, 4) is 0 Å². The molecular weight excluding hydrogens is 361 g/mol. The van der Waals surface area contributed by atoms with Crippen molar-refractivity contribution >= 4 is 40.7 Å². The van der Waals surface area contributed by atoms with Crippen molar-refractivity contribution in [2.75, 3.05) is 26.0 Å². The molecule has 0 radical (unpaired) electrons. The minimum absolute atomic E-state index is 0.143. The Bertz CT molecular complexity index is 763. The first-order valence-corrected chi connectivity index (χ1v) is 8.39. The molecule has 7 heteroatoms. The molecule has 0 aliphatic heterocycles. The second-order valence-corrected chi connectivity index (χ2v) is 6.44. The summed E-state index contributed by atoms with van der Waals surface area (Å²) in [6, 6.07) is 12.1. The van der Waals surface area contributed by atoms with E-state index in [4.69, 9.17) is 23.2 Å². The largest absolute Gasteiger partial charge is 0.355 e. The molecule has 0 spiro atoms. The number of anilines is 1. The van der Waals surface area contributed by atoms with E-state index < -0.39 is 0 Å². The quantitative estimate of drug-likeness (QED) is 0.807. The SMILES string of the molecule is CNC(=O)c1ccc(NC(=O)CN(C)Cc2ccc(Cl)c(Cl)c2)cc1. The second kappa shape index (κ2) is 8.85. The number of hydrogen-bond donors (Lipinski definition) is 2. The van der Waals surface area contributed by atoms with E-state index in [2.05, 4.69) is 10.6 Å². The molecule has 2 aromatic rings. The molecule has 2 N–H and O–H groups in total. The standard InChI is InChI=1S/C18H19Cl2N3O2/c1-21-18(25)13-4-6-14(7-5-13)22-17(24)11-23(2)10-12-3-8-15(19)16(20)9-12/h3-9H,10-11H2,1-2H3,(H,21,25)(H,22,24). The van der Waals surface area contributed by atoms with Crippen molar-refractivity contribution in [2.24, 2.45) is 0 Å². The summed E-state index contributed by atoms with van der Waals surface area (Å²) < 4.78 is 0. The summed E-state index contributed by atoms with van der Waals surface area (Å²) in [5, 5.41) is 6.35. The minimum atomic E-state index is -0.167. The molecule has 0 bridgehead atoms. The lowest BCUT2D eigenvalue weighted by Crippen LogP contribution is -2.29. The zero-order valence-corrected chi connectivity index (χ0v) is 15.5. The van der Waals surface area contributed by atoms with Crippen molar-refractivity contribution in [3.05, 3.63) is 63.6 Å². The van der Waals surface area contributed by atoms with Gasteiger partial charge >= 0.3 is 0 Å². The van der Waals surface area contributed by atoms with Gasteiger partial charge in [0.05, 0.1) is 16.6 Å². The monoisotopic (exact) mass is 379 g/mol. The molecule has 0 saturated heterocycles. The van der Waals surface area contributed by atoms with Crippen LogP contribution in [0, 0.1) is 0 Å². The van der Waals surface area contributed by atoms with Gasteiger partial charge in [0.15, 0.2) is 0 Å². The molecule has 2 rings (SSSR count). The number of hydrogen-bond acceptors (Lipinski definition) is 3. The molecule has 132 valence electrons. The van der Waals surface area contributed by atoms with E-state index in [0.717, 1.165) is 5.56 Å². The van der Waals surface area contributed by atoms with E-state index in [0.29, 0.717) is 27.8 Å². The van der Waals surface area contributed by atoms with E-state index >= 15 is 0 Å². The topological polar surface area (TPSA) is 61.4 Å². The summed E-state index contributed by atoms with van der Waals surface area (Å²) in [6.07, 6.45) is 0. The van der Waals surface area contributed by atoms with Gasteiger partial charge in [0.2, 0.25) is 5.91 Å². The fourth-order valence-corrected chi connectivity index (χ4v) is 2.62. The van der Waals surface area contributed by atoms with Gasteiger partial charge < -0.3 is 10.6 Å². The predicted molar refractivity (Wildman–Crippen MR) is 101 cm³/mol. The van der Waals surface area contributed by atoms with E-state index in [-0.39, 0.29) is 18.4 Å². The molecule has 0 unspecified atom stereocenters. The number of benzene rings is 2. The van der Waals surface area contributed by atoms with Crippen LogP contribution >= 0.6 is 23.2 Å². The van der Waals surface area contributed by atoms with E-state index in [9.17, 15) is 9.59 Å². The lowest BCUT2D eigenvalue weighted by molar-refractivity contribution is -0.117. The molecule has 25 heavy (non-hydrogen) atoms. The Morgan fingerprint density at radius 3 is 2.32 bits per heavy atom. The molecule has 0 fully saturated rings. The number of nitrogens with one attached hydrogen (secondary N) is 2. The van der Waals surface area contributed by atoms with Crippen LogP contribution in [0.25, 0.3) is 0 Å². The van der Waals surface area contributed by atoms with Crippen LogP contribution in [0.15, 0.2) is 42.5 Å². The highest BCUT2D eigenvalue weighted by atomic mass is 35.5. The summed E-state index contributed by atoms with van der Waals surface area (Å²) in [5.74, 6) is -0.311. The van der Waals surface area contributed by atoms with E-state index in [1.807, 2.05) is 18.0 Å². The highest BCUT2D eigenvalue weighted by molar-refractivity contribution is 6.42. The van der Waals surface area contributed by atoms with Crippen LogP contribution in [0.5, 0.6) is 0 Å². The molecular formula is C18H19Cl2N3O2. The smallest absolute Gasteiger partial charge is 0.251 e. The van der Waals surface area contributed by atoms with Gasteiger partial charge in [-0.15, -0.1) is 0 Å². The van der Waals surface area contributed by atoms with Crippen molar-refractivity contribution < 1.29 is 9.59 Å². The van der Waals surface area contributed by atoms with Crippen LogP contribution in [0.3, 0.4) is 0 Å². The number of nitrogens with zero attached hydrogens (tertiary/aromatic N) is 1. The maximum Gasteiger partial charge on any atom is 0.251 e.